The van der Waals surface area contributed by atoms with E-state index in [4.69, 9.17) is 5.11 Å². The Hall–Kier alpha value is -1.58. The lowest BCUT2D eigenvalue weighted by molar-refractivity contribution is -0.389. The van der Waals surface area contributed by atoms with Crippen LogP contribution in [0.5, 0.6) is 0 Å². The summed E-state index contributed by atoms with van der Waals surface area (Å²) in [6.45, 7) is 3.33. The van der Waals surface area contributed by atoms with Gasteiger partial charge in [-0.2, -0.15) is 0 Å². The first kappa shape index (κ1) is 16.5. The van der Waals surface area contributed by atoms with Crippen molar-refractivity contribution >= 4 is 15.8 Å². The highest BCUT2D eigenvalue weighted by atomic mass is 32.2. The number of hydrogen-bond donors (Lipinski definition) is 2. The molecule has 1 atom stereocenters. The highest BCUT2D eigenvalue weighted by Gasteiger charge is 2.29. The molecule has 1 unspecified atom stereocenters. The molecule has 2 N–H and O–H groups in total. The zero-order chi connectivity index (χ0) is 15.4. The summed E-state index contributed by atoms with van der Waals surface area (Å²) in [5.41, 5.74) is -0.782. The van der Waals surface area contributed by atoms with E-state index in [0.717, 1.165) is 18.3 Å². The lowest BCUT2D eigenvalue weighted by Crippen LogP contribution is -2.46. The van der Waals surface area contributed by atoms with Crippen molar-refractivity contribution in [2.24, 2.45) is 0 Å². The minimum Gasteiger partial charge on any atom is -0.396 e. The number of aliphatic hydroxyl groups is 1. The fraction of sp³-hybridized carbons (Fsp3) is 0.545. The molecule has 0 aromatic carbocycles. The van der Waals surface area contributed by atoms with Gasteiger partial charge >= 0.3 is 5.82 Å². The van der Waals surface area contributed by atoms with Crippen LogP contribution in [0.4, 0.5) is 5.82 Å². The number of nitrogens with one attached hydrogen (secondary N) is 1. The van der Waals surface area contributed by atoms with Crippen LogP contribution in [-0.4, -0.2) is 35.6 Å². The maximum Gasteiger partial charge on any atom is 0.363 e. The maximum atomic E-state index is 12.2. The molecule has 0 aliphatic rings. The molecule has 0 aliphatic heterocycles. The van der Waals surface area contributed by atoms with Crippen LogP contribution in [0.3, 0.4) is 0 Å². The molecule has 0 radical (unpaired) electrons. The number of nitro groups is 1. The van der Waals surface area contributed by atoms with E-state index in [9.17, 15) is 18.5 Å². The molecule has 1 heterocycles. The van der Waals surface area contributed by atoms with Gasteiger partial charge in [-0.05, 0) is 35.7 Å². The predicted molar refractivity (Wildman–Crippen MR) is 71.6 cm³/mol. The fourth-order valence-electron chi connectivity index (χ4n) is 1.57. The Balaban J connectivity index is 3.01. The summed E-state index contributed by atoms with van der Waals surface area (Å²) in [5.74, 6) is -0.419. The van der Waals surface area contributed by atoms with Crippen molar-refractivity contribution in [1.29, 1.82) is 0 Å². The normalized spacial score (nSPS) is 14.8. The van der Waals surface area contributed by atoms with E-state index < -0.39 is 26.3 Å². The Labute approximate surface area is 117 Å². The Kier molecular flexibility index (Phi) is 5.15. The average Bonchev–Trinajstić information content (AvgIpc) is 2.38. The van der Waals surface area contributed by atoms with Gasteiger partial charge in [0.1, 0.15) is 4.90 Å². The van der Waals surface area contributed by atoms with E-state index in [1.165, 1.54) is 0 Å². The molecule has 0 fully saturated rings. The van der Waals surface area contributed by atoms with Crippen molar-refractivity contribution < 1.29 is 18.4 Å². The number of nitrogens with zero attached hydrogens (tertiary/aromatic N) is 2. The van der Waals surface area contributed by atoms with Gasteiger partial charge in [0.05, 0.1) is 0 Å². The van der Waals surface area contributed by atoms with E-state index in [1.54, 1.807) is 13.8 Å². The first-order valence-electron chi connectivity index (χ1n) is 5.99. The molecule has 20 heavy (non-hydrogen) atoms. The summed E-state index contributed by atoms with van der Waals surface area (Å²) in [7, 11) is -3.84. The monoisotopic (exact) mass is 303 g/mol. The highest BCUT2D eigenvalue weighted by Crippen LogP contribution is 2.19. The number of hydrogen-bond acceptors (Lipinski definition) is 6. The van der Waals surface area contributed by atoms with Crippen molar-refractivity contribution in [3.05, 3.63) is 28.4 Å². The Morgan fingerprint density at radius 1 is 1.50 bits per heavy atom. The molecule has 1 aromatic heterocycles. The van der Waals surface area contributed by atoms with Crippen LogP contribution in [0.1, 0.15) is 26.7 Å². The van der Waals surface area contributed by atoms with Gasteiger partial charge in [-0.1, -0.05) is 6.92 Å². The summed E-state index contributed by atoms with van der Waals surface area (Å²) in [6, 6.07) is 2.16. The van der Waals surface area contributed by atoms with Gasteiger partial charge in [-0.15, -0.1) is 0 Å². The van der Waals surface area contributed by atoms with Gasteiger partial charge in [0.2, 0.25) is 10.0 Å². The second-order valence-corrected chi connectivity index (χ2v) is 6.28. The van der Waals surface area contributed by atoms with Crippen LogP contribution >= 0.6 is 0 Å². The number of sulfonamides is 1. The molecule has 0 saturated heterocycles. The molecular weight excluding hydrogens is 286 g/mol. The van der Waals surface area contributed by atoms with E-state index in [2.05, 4.69) is 9.71 Å². The number of rotatable bonds is 7. The van der Waals surface area contributed by atoms with Gasteiger partial charge in [-0.25, -0.2) is 13.1 Å². The summed E-state index contributed by atoms with van der Waals surface area (Å²) < 4.78 is 26.8. The largest absolute Gasteiger partial charge is 0.396 e. The zero-order valence-corrected chi connectivity index (χ0v) is 12.1. The van der Waals surface area contributed by atoms with E-state index in [0.29, 0.717) is 6.42 Å². The van der Waals surface area contributed by atoms with Crippen molar-refractivity contribution in [3.63, 3.8) is 0 Å². The van der Waals surface area contributed by atoms with E-state index in [-0.39, 0.29) is 17.9 Å². The van der Waals surface area contributed by atoms with Crippen molar-refractivity contribution in [2.75, 3.05) is 6.61 Å². The first-order valence-corrected chi connectivity index (χ1v) is 7.48. The molecular formula is C11H17N3O5S. The molecule has 0 amide bonds. The molecule has 112 valence electrons. The first-order chi connectivity index (χ1) is 9.24. The smallest absolute Gasteiger partial charge is 0.363 e. The van der Waals surface area contributed by atoms with E-state index in [1.807, 2.05) is 0 Å². The number of aromatic nitrogens is 1. The van der Waals surface area contributed by atoms with Gasteiger partial charge in [-0.3, -0.25) is 0 Å². The summed E-state index contributed by atoms with van der Waals surface area (Å²) >= 11 is 0. The van der Waals surface area contributed by atoms with Crippen molar-refractivity contribution in [2.45, 2.75) is 37.1 Å². The fourth-order valence-corrected chi connectivity index (χ4v) is 3.02. The van der Waals surface area contributed by atoms with Crippen LogP contribution in [0, 0.1) is 10.1 Å². The van der Waals surface area contributed by atoms with Gasteiger partial charge in [0, 0.05) is 18.2 Å². The van der Waals surface area contributed by atoms with Crippen LogP contribution < -0.4 is 4.72 Å². The second-order valence-electron chi connectivity index (χ2n) is 4.60. The molecule has 0 aliphatic carbocycles. The third-order valence-electron chi connectivity index (χ3n) is 3.04. The number of pyridine rings is 1. The molecule has 0 saturated carbocycles. The van der Waals surface area contributed by atoms with Crippen LogP contribution in [0.15, 0.2) is 23.2 Å². The standard InChI is InChI=1S/C11H17N3O5S/c1-3-11(2,6-7-15)13-20(18,19)9-4-5-10(12-8-9)14(16)17/h4-5,8,13,15H,3,6-7H2,1-2H3. The highest BCUT2D eigenvalue weighted by molar-refractivity contribution is 7.89. The molecule has 0 spiro atoms. The summed E-state index contributed by atoms with van der Waals surface area (Å²) in [4.78, 5) is 13.1. The molecule has 1 aromatic rings. The van der Waals surface area contributed by atoms with Gasteiger partial charge in [0.25, 0.3) is 0 Å². The third kappa shape index (κ3) is 3.95. The second kappa shape index (κ2) is 6.25. The zero-order valence-electron chi connectivity index (χ0n) is 11.2. The lowest BCUT2D eigenvalue weighted by Gasteiger charge is -2.28. The Morgan fingerprint density at radius 2 is 2.15 bits per heavy atom. The Morgan fingerprint density at radius 3 is 2.55 bits per heavy atom. The van der Waals surface area contributed by atoms with Gasteiger partial charge < -0.3 is 15.2 Å². The quantitative estimate of drug-likeness (QED) is 0.568. The molecule has 0 bridgehead atoms. The van der Waals surface area contributed by atoms with Crippen molar-refractivity contribution in [1.82, 2.24) is 9.71 Å². The lowest BCUT2D eigenvalue weighted by atomic mass is 9.97. The number of aliphatic hydroxyl groups excluding tert-OH is 1. The summed E-state index contributed by atoms with van der Waals surface area (Å²) in [5, 5.41) is 19.4. The topological polar surface area (TPSA) is 122 Å². The van der Waals surface area contributed by atoms with Crippen LogP contribution in [-0.2, 0) is 10.0 Å². The third-order valence-corrected chi connectivity index (χ3v) is 4.67. The van der Waals surface area contributed by atoms with Crippen LogP contribution in [0.2, 0.25) is 0 Å². The molecule has 1 rings (SSSR count). The van der Waals surface area contributed by atoms with Crippen molar-refractivity contribution in [3.8, 4) is 0 Å². The minimum absolute atomic E-state index is 0.147. The summed E-state index contributed by atoms with van der Waals surface area (Å²) in [6.07, 6.45) is 1.70. The predicted octanol–water partition coefficient (Wildman–Crippen LogP) is 0.819. The molecule has 9 heteroatoms. The van der Waals surface area contributed by atoms with E-state index >= 15 is 0 Å². The average molecular weight is 303 g/mol. The SMILES string of the molecule is CCC(C)(CCO)NS(=O)(=O)c1ccc([N+](=O)[O-])nc1. The molecule has 8 nitrogen and oxygen atoms in total. The van der Waals surface area contributed by atoms with Gasteiger partial charge in [0.15, 0.2) is 6.20 Å². The maximum absolute atomic E-state index is 12.2. The Bertz CT molecular complexity index is 572. The van der Waals surface area contributed by atoms with Crippen LogP contribution in [0.25, 0.3) is 0 Å². The minimum atomic E-state index is -3.84.